The van der Waals surface area contributed by atoms with Crippen molar-refractivity contribution in [3.8, 4) is 84.4 Å². The molecule has 4 nitrogen and oxygen atoms in total. The molecular weight excluding hydrogens is 845 g/mol. The van der Waals surface area contributed by atoms with Crippen LogP contribution in [0.5, 0.6) is 0 Å². The Labute approximate surface area is 397 Å². The third-order valence-electron chi connectivity index (χ3n) is 13.1. The molecule has 13 rings (SSSR count). The minimum absolute atomic E-state index is 0.619. The van der Waals surface area contributed by atoms with Crippen molar-refractivity contribution in [2.75, 3.05) is 0 Å². The lowest BCUT2D eigenvalue weighted by Gasteiger charge is -2.12. The molecule has 0 fully saturated rings. The van der Waals surface area contributed by atoms with E-state index in [0.29, 0.717) is 17.5 Å². The number of hydrogen-bond acceptors (Lipinski definition) is 4. The molecule has 0 spiro atoms. The SMILES string of the molecule is c1ccc(-c2ccc(-c3nc(-c4ccc(-c5ccccc5)cc4)nc(-c4ccc(-n5c6ccccc6c6cc(-c7cccc(-c8ccc9sc%10ccccc%10c9c8)c7)ccc65)cc4)n3)cc2)cc1. The smallest absolute Gasteiger partial charge is 0.164 e. The first-order valence-corrected chi connectivity index (χ1v) is 23.7. The van der Waals surface area contributed by atoms with Crippen LogP contribution in [0.4, 0.5) is 0 Å². The minimum atomic E-state index is 0.619. The monoisotopic (exact) mass is 884 g/mol. The van der Waals surface area contributed by atoms with E-state index in [1.807, 2.05) is 23.5 Å². The van der Waals surface area contributed by atoms with Gasteiger partial charge < -0.3 is 4.57 Å². The Morgan fingerprint density at radius 1 is 0.250 bits per heavy atom. The lowest BCUT2D eigenvalue weighted by Crippen LogP contribution is -2.00. The molecule has 3 aromatic heterocycles. The van der Waals surface area contributed by atoms with Gasteiger partial charge in [0.15, 0.2) is 17.5 Å². The van der Waals surface area contributed by atoms with E-state index in [1.165, 1.54) is 64.3 Å². The van der Waals surface area contributed by atoms with Gasteiger partial charge in [0.05, 0.1) is 11.0 Å². The molecule has 0 atom stereocenters. The number of benzene rings is 10. The molecule has 0 bridgehead atoms. The molecule has 5 heteroatoms. The Morgan fingerprint density at radius 2 is 0.647 bits per heavy atom. The molecule has 3 heterocycles. The molecule has 0 amide bonds. The topological polar surface area (TPSA) is 43.6 Å². The van der Waals surface area contributed by atoms with Crippen LogP contribution in [0.1, 0.15) is 0 Å². The van der Waals surface area contributed by atoms with Crippen molar-refractivity contribution in [1.82, 2.24) is 19.5 Å². The fourth-order valence-corrected chi connectivity index (χ4v) is 10.7. The van der Waals surface area contributed by atoms with Gasteiger partial charge in [-0.25, -0.2) is 15.0 Å². The van der Waals surface area contributed by atoms with Gasteiger partial charge >= 0.3 is 0 Å². The second-order valence-corrected chi connectivity index (χ2v) is 18.3. The summed E-state index contributed by atoms with van der Waals surface area (Å²) in [6, 6.07) is 86.5. The maximum Gasteiger partial charge on any atom is 0.164 e. The lowest BCUT2D eigenvalue weighted by molar-refractivity contribution is 1.07. The maximum atomic E-state index is 5.12. The number of nitrogens with zero attached hydrogens (tertiary/aromatic N) is 4. The second kappa shape index (κ2) is 16.6. The Hall–Kier alpha value is -8.77. The van der Waals surface area contributed by atoms with Crippen molar-refractivity contribution < 1.29 is 0 Å². The average molecular weight is 885 g/mol. The van der Waals surface area contributed by atoms with E-state index in [4.69, 9.17) is 15.0 Å². The summed E-state index contributed by atoms with van der Waals surface area (Å²) in [5, 5.41) is 5.05. The first-order valence-electron chi connectivity index (χ1n) is 22.9. The summed E-state index contributed by atoms with van der Waals surface area (Å²) in [5.74, 6) is 1.87. The van der Waals surface area contributed by atoms with Crippen LogP contribution in [0.15, 0.2) is 243 Å². The first kappa shape index (κ1) is 39.6. The third-order valence-corrected chi connectivity index (χ3v) is 14.2. The second-order valence-electron chi connectivity index (χ2n) is 17.2. The highest BCUT2D eigenvalue weighted by Crippen LogP contribution is 2.39. The Morgan fingerprint density at radius 3 is 1.25 bits per heavy atom. The van der Waals surface area contributed by atoms with Crippen LogP contribution in [0.25, 0.3) is 126 Å². The highest BCUT2D eigenvalue weighted by atomic mass is 32.1. The summed E-state index contributed by atoms with van der Waals surface area (Å²) in [6.07, 6.45) is 0. The van der Waals surface area contributed by atoms with Gasteiger partial charge in [0.2, 0.25) is 0 Å². The van der Waals surface area contributed by atoms with Crippen LogP contribution in [0.3, 0.4) is 0 Å². The van der Waals surface area contributed by atoms with Crippen molar-refractivity contribution in [3.63, 3.8) is 0 Å². The third kappa shape index (κ3) is 7.14. The zero-order valence-corrected chi connectivity index (χ0v) is 37.6. The minimum Gasteiger partial charge on any atom is -0.309 e. The molecule has 13 aromatic rings. The van der Waals surface area contributed by atoms with Crippen LogP contribution >= 0.6 is 11.3 Å². The summed E-state index contributed by atoms with van der Waals surface area (Å²) in [6.45, 7) is 0. The number of rotatable bonds is 8. The normalized spacial score (nSPS) is 11.5. The Kier molecular flexibility index (Phi) is 9.66. The van der Waals surface area contributed by atoms with E-state index in [0.717, 1.165) is 44.5 Å². The molecule has 10 aromatic carbocycles. The zero-order chi connectivity index (χ0) is 45.0. The van der Waals surface area contributed by atoms with Crippen LogP contribution in [-0.4, -0.2) is 19.5 Å². The number of para-hydroxylation sites is 1. The highest BCUT2D eigenvalue weighted by molar-refractivity contribution is 7.25. The van der Waals surface area contributed by atoms with Crippen LogP contribution < -0.4 is 0 Å². The molecule has 0 aliphatic carbocycles. The zero-order valence-electron chi connectivity index (χ0n) is 36.8. The predicted octanol–water partition coefficient (Wildman–Crippen LogP) is 17.0. The molecular formula is C63H40N4S. The van der Waals surface area contributed by atoms with E-state index in [2.05, 4.69) is 235 Å². The summed E-state index contributed by atoms with van der Waals surface area (Å²) in [7, 11) is 0. The molecule has 0 saturated carbocycles. The maximum absolute atomic E-state index is 5.12. The van der Waals surface area contributed by atoms with E-state index in [-0.39, 0.29) is 0 Å². The molecule has 0 aliphatic rings. The van der Waals surface area contributed by atoms with E-state index >= 15 is 0 Å². The molecule has 68 heavy (non-hydrogen) atoms. The summed E-state index contributed by atoms with van der Waals surface area (Å²) < 4.78 is 5.01. The molecule has 0 saturated heterocycles. The first-order chi connectivity index (χ1) is 33.7. The lowest BCUT2D eigenvalue weighted by atomic mass is 9.97. The van der Waals surface area contributed by atoms with Gasteiger partial charge in [0.25, 0.3) is 0 Å². The van der Waals surface area contributed by atoms with Crippen molar-refractivity contribution >= 4 is 53.3 Å². The van der Waals surface area contributed by atoms with E-state index < -0.39 is 0 Å². The molecule has 0 N–H and O–H groups in total. The fourth-order valence-electron chi connectivity index (χ4n) is 9.62. The average Bonchev–Trinajstić information content (AvgIpc) is 3.96. The van der Waals surface area contributed by atoms with Crippen LogP contribution in [-0.2, 0) is 0 Å². The number of hydrogen-bond donors (Lipinski definition) is 0. The molecule has 318 valence electrons. The van der Waals surface area contributed by atoms with Gasteiger partial charge in [0.1, 0.15) is 0 Å². The summed E-state index contributed by atoms with van der Waals surface area (Å²) >= 11 is 1.86. The highest BCUT2D eigenvalue weighted by Gasteiger charge is 2.17. The molecule has 0 unspecified atom stereocenters. The predicted molar refractivity (Wildman–Crippen MR) is 285 cm³/mol. The quantitative estimate of drug-likeness (QED) is 0.153. The fraction of sp³-hybridized carbons (Fsp3) is 0. The van der Waals surface area contributed by atoms with Crippen molar-refractivity contribution in [2.24, 2.45) is 0 Å². The Bertz CT molecular complexity index is 3880. The number of fused-ring (bicyclic) bond motifs is 6. The number of aromatic nitrogens is 4. The van der Waals surface area contributed by atoms with Gasteiger partial charge in [-0.1, -0.05) is 176 Å². The van der Waals surface area contributed by atoms with Gasteiger partial charge in [-0.2, -0.15) is 0 Å². The van der Waals surface area contributed by atoms with Gasteiger partial charge in [-0.05, 0) is 111 Å². The van der Waals surface area contributed by atoms with E-state index in [1.54, 1.807) is 0 Å². The van der Waals surface area contributed by atoms with Crippen molar-refractivity contribution in [3.05, 3.63) is 243 Å². The van der Waals surface area contributed by atoms with Gasteiger partial charge in [0, 0.05) is 53.3 Å². The van der Waals surface area contributed by atoms with Crippen LogP contribution in [0, 0.1) is 0 Å². The summed E-state index contributed by atoms with van der Waals surface area (Å²) in [4.78, 5) is 15.3. The Balaban J connectivity index is 0.860. The van der Waals surface area contributed by atoms with Gasteiger partial charge in [-0.3, -0.25) is 0 Å². The van der Waals surface area contributed by atoms with Crippen molar-refractivity contribution in [2.45, 2.75) is 0 Å². The largest absolute Gasteiger partial charge is 0.309 e. The van der Waals surface area contributed by atoms with E-state index in [9.17, 15) is 0 Å². The van der Waals surface area contributed by atoms with Gasteiger partial charge in [-0.15, -0.1) is 11.3 Å². The summed E-state index contributed by atoms with van der Waals surface area (Å²) in [5.41, 5.74) is 15.6. The van der Waals surface area contributed by atoms with Crippen LogP contribution in [0.2, 0.25) is 0 Å². The molecule has 0 aliphatic heterocycles. The standard InChI is InChI=1S/C63H40N4S/c1-3-12-41(13-4-1)43-22-26-45(27-23-43)61-64-62(46-28-24-44(25-29-46)42-14-5-2-6-15-42)66-63(65-61)47-30-34-52(35-31-47)67-57-20-9-7-18-53(57)55-39-50(32-36-58(55)67)48-16-11-17-49(38-48)51-33-37-60-56(40-51)54-19-8-10-21-59(54)68-60/h1-40H. The van der Waals surface area contributed by atoms with Crippen molar-refractivity contribution in [1.29, 1.82) is 0 Å². The molecule has 0 radical (unpaired) electrons. The number of thiophene rings is 1.